The maximum Gasteiger partial charge on any atom is 0.222 e. The highest BCUT2D eigenvalue weighted by molar-refractivity contribution is 7.61. The third kappa shape index (κ3) is 7.34. The van der Waals surface area contributed by atoms with Crippen LogP contribution in [0.15, 0.2) is 36.1 Å². The van der Waals surface area contributed by atoms with Crippen LogP contribution in [0.1, 0.15) is 39.7 Å². The highest BCUT2D eigenvalue weighted by Crippen LogP contribution is 2.46. The molecule has 0 aliphatic rings. The van der Waals surface area contributed by atoms with Gasteiger partial charge >= 0.3 is 0 Å². The molecule has 2 nitrogen and oxygen atoms in total. The van der Waals surface area contributed by atoms with Crippen LogP contribution in [0.5, 0.6) is 0 Å². The molecule has 0 aliphatic heterocycles. The molecular formula is C16H25O2P. The lowest BCUT2D eigenvalue weighted by atomic mass is 9.86. The molecule has 0 saturated heterocycles. The van der Waals surface area contributed by atoms with Gasteiger partial charge in [-0.05, 0) is 29.4 Å². The SMILES string of the molecule is CC(CC(C)(C)C)CP(=O)(O)C=Cc1ccccc1. The number of hydrogen-bond acceptors (Lipinski definition) is 1. The first-order valence-corrected chi connectivity index (χ1v) is 8.65. The van der Waals surface area contributed by atoms with Gasteiger partial charge in [0.25, 0.3) is 0 Å². The zero-order valence-corrected chi connectivity index (χ0v) is 13.2. The van der Waals surface area contributed by atoms with E-state index < -0.39 is 7.37 Å². The van der Waals surface area contributed by atoms with Gasteiger partial charge in [-0.1, -0.05) is 58.0 Å². The Labute approximate surface area is 117 Å². The minimum absolute atomic E-state index is 0.197. The molecule has 0 saturated carbocycles. The van der Waals surface area contributed by atoms with E-state index in [9.17, 15) is 9.46 Å². The minimum Gasteiger partial charge on any atom is -0.341 e. The molecule has 19 heavy (non-hydrogen) atoms. The maximum absolute atomic E-state index is 12.2. The van der Waals surface area contributed by atoms with Crippen molar-refractivity contribution >= 4 is 13.4 Å². The van der Waals surface area contributed by atoms with Crippen LogP contribution in [0, 0.1) is 11.3 Å². The summed E-state index contributed by atoms with van der Waals surface area (Å²) >= 11 is 0. The second kappa shape index (κ2) is 6.54. The predicted octanol–water partition coefficient (Wildman–Crippen LogP) is 5.00. The Balaban J connectivity index is 2.62. The molecule has 0 bridgehead atoms. The summed E-state index contributed by atoms with van der Waals surface area (Å²) in [4.78, 5) is 10.0. The largest absolute Gasteiger partial charge is 0.341 e. The van der Waals surface area contributed by atoms with Crippen LogP contribution >= 0.6 is 7.37 Å². The molecular weight excluding hydrogens is 255 g/mol. The van der Waals surface area contributed by atoms with Crippen molar-refractivity contribution in [2.45, 2.75) is 34.1 Å². The molecule has 0 spiro atoms. The van der Waals surface area contributed by atoms with E-state index in [1.807, 2.05) is 37.3 Å². The molecule has 0 aliphatic carbocycles. The first-order valence-electron chi connectivity index (χ1n) is 6.74. The van der Waals surface area contributed by atoms with Crippen LogP contribution in [-0.4, -0.2) is 11.1 Å². The molecule has 0 fully saturated rings. The van der Waals surface area contributed by atoms with Gasteiger partial charge in [-0.2, -0.15) is 0 Å². The summed E-state index contributed by atoms with van der Waals surface area (Å²) in [5.74, 6) is 1.72. The average molecular weight is 280 g/mol. The van der Waals surface area contributed by atoms with E-state index in [0.717, 1.165) is 12.0 Å². The molecule has 3 heteroatoms. The lowest BCUT2D eigenvalue weighted by molar-refractivity contribution is 0.318. The van der Waals surface area contributed by atoms with Crippen molar-refractivity contribution in [3.8, 4) is 0 Å². The van der Waals surface area contributed by atoms with Gasteiger partial charge in [0.1, 0.15) is 0 Å². The fourth-order valence-corrected chi connectivity index (χ4v) is 3.93. The Bertz CT molecular complexity index is 457. The van der Waals surface area contributed by atoms with Crippen LogP contribution in [0.3, 0.4) is 0 Å². The van der Waals surface area contributed by atoms with E-state index in [1.54, 1.807) is 6.08 Å². The van der Waals surface area contributed by atoms with E-state index in [4.69, 9.17) is 0 Å². The molecule has 2 atom stereocenters. The van der Waals surface area contributed by atoms with Gasteiger partial charge in [0.05, 0.1) is 0 Å². The zero-order chi connectivity index (χ0) is 14.5. The van der Waals surface area contributed by atoms with Crippen molar-refractivity contribution in [3.63, 3.8) is 0 Å². The Kier molecular flexibility index (Phi) is 5.58. The Morgan fingerprint density at radius 1 is 1.26 bits per heavy atom. The summed E-state index contributed by atoms with van der Waals surface area (Å²) in [6.07, 6.45) is 3.05. The second-order valence-corrected chi connectivity index (χ2v) is 8.71. The van der Waals surface area contributed by atoms with Crippen molar-refractivity contribution in [3.05, 3.63) is 41.7 Å². The van der Waals surface area contributed by atoms with E-state index in [2.05, 4.69) is 20.8 Å². The Morgan fingerprint density at radius 3 is 2.37 bits per heavy atom. The van der Waals surface area contributed by atoms with Crippen molar-refractivity contribution in [1.82, 2.24) is 0 Å². The van der Waals surface area contributed by atoms with Gasteiger partial charge in [-0.15, -0.1) is 0 Å². The monoisotopic (exact) mass is 280 g/mol. The van der Waals surface area contributed by atoms with Crippen LogP contribution in [0.2, 0.25) is 0 Å². The standard InChI is InChI=1S/C16H25O2P/c1-14(12-16(2,3)4)13-19(17,18)11-10-15-8-6-5-7-9-15/h5-11,14H,12-13H2,1-4H3,(H,17,18). The van der Waals surface area contributed by atoms with E-state index in [-0.39, 0.29) is 11.3 Å². The van der Waals surface area contributed by atoms with E-state index in [0.29, 0.717) is 6.16 Å². The second-order valence-electron chi connectivity index (χ2n) is 6.53. The third-order valence-corrected chi connectivity index (χ3v) is 4.60. The summed E-state index contributed by atoms with van der Waals surface area (Å²) in [5, 5.41) is 0. The van der Waals surface area contributed by atoms with Crippen LogP contribution in [-0.2, 0) is 4.57 Å². The average Bonchev–Trinajstić information content (AvgIpc) is 2.24. The predicted molar refractivity (Wildman–Crippen MR) is 83.4 cm³/mol. The maximum atomic E-state index is 12.2. The fraction of sp³-hybridized carbons (Fsp3) is 0.500. The molecule has 1 aromatic rings. The number of benzene rings is 1. The molecule has 0 radical (unpaired) electrons. The zero-order valence-electron chi connectivity index (χ0n) is 12.3. The lowest BCUT2D eigenvalue weighted by Gasteiger charge is -2.24. The first kappa shape index (κ1) is 16.2. The summed E-state index contributed by atoms with van der Waals surface area (Å²) in [6, 6.07) is 9.62. The number of rotatable bonds is 5. The minimum atomic E-state index is -3.18. The first-order chi connectivity index (χ1) is 8.68. The highest BCUT2D eigenvalue weighted by atomic mass is 31.2. The quantitative estimate of drug-likeness (QED) is 0.771. The molecule has 1 N–H and O–H groups in total. The molecule has 1 aromatic carbocycles. The van der Waals surface area contributed by atoms with Gasteiger partial charge in [0, 0.05) is 12.0 Å². The van der Waals surface area contributed by atoms with Crippen molar-refractivity contribution in [2.75, 3.05) is 6.16 Å². The van der Waals surface area contributed by atoms with Gasteiger partial charge in [-0.25, -0.2) is 0 Å². The topological polar surface area (TPSA) is 37.3 Å². The van der Waals surface area contributed by atoms with Crippen molar-refractivity contribution in [1.29, 1.82) is 0 Å². The van der Waals surface area contributed by atoms with Gasteiger partial charge < -0.3 is 4.89 Å². The fourth-order valence-electron chi connectivity index (χ4n) is 2.38. The van der Waals surface area contributed by atoms with Crippen LogP contribution < -0.4 is 0 Å². The number of hydrogen-bond donors (Lipinski definition) is 1. The smallest absolute Gasteiger partial charge is 0.222 e. The van der Waals surface area contributed by atoms with Crippen molar-refractivity contribution in [2.24, 2.45) is 11.3 Å². The summed E-state index contributed by atoms with van der Waals surface area (Å²) < 4.78 is 12.2. The normalized spacial score (nSPS) is 17.3. The van der Waals surface area contributed by atoms with Crippen LogP contribution in [0.4, 0.5) is 0 Å². The molecule has 0 amide bonds. The van der Waals surface area contributed by atoms with Gasteiger partial charge in [0.2, 0.25) is 7.37 Å². The lowest BCUT2D eigenvalue weighted by Crippen LogP contribution is -2.13. The van der Waals surface area contributed by atoms with Gasteiger partial charge in [-0.3, -0.25) is 4.57 Å². The van der Waals surface area contributed by atoms with Crippen molar-refractivity contribution < 1.29 is 9.46 Å². The summed E-state index contributed by atoms with van der Waals surface area (Å²) in [6.45, 7) is 8.52. The summed E-state index contributed by atoms with van der Waals surface area (Å²) in [7, 11) is -3.18. The summed E-state index contributed by atoms with van der Waals surface area (Å²) in [5.41, 5.74) is 1.16. The third-order valence-electron chi connectivity index (χ3n) is 2.83. The van der Waals surface area contributed by atoms with E-state index >= 15 is 0 Å². The molecule has 2 unspecified atom stereocenters. The Hall–Kier alpha value is -0.850. The van der Waals surface area contributed by atoms with E-state index in [1.165, 1.54) is 5.82 Å². The van der Waals surface area contributed by atoms with Gasteiger partial charge in [0.15, 0.2) is 0 Å². The molecule has 106 valence electrons. The Morgan fingerprint density at radius 2 is 1.84 bits per heavy atom. The highest BCUT2D eigenvalue weighted by Gasteiger charge is 2.22. The molecule has 1 rings (SSSR count). The van der Waals surface area contributed by atoms with Crippen LogP contribution in [0.25, 0.3) is 6.08 Å². The molecule has 0 aromatic heterocycles. The molecule has 0 heterocycles.